The normalized spacial score (nSPS) is 11.1. The van der Waals surface area contributed by atoms with E-state index in [1.807, 2.05) is 10.0 Å². The number of carbonyl (C=O) groups excluding carboxylic acids is 1. The molecule has 1 heterocycles. The van der Waals surface area contributed by atoms with Crippen molar-refractivity contribution >= 4 is 21.9 Å². The molecule has 10 heteroatoms. The van der Waals surface area contributed by atoms with Gasteiger partial charge in [0.1, 0.15) is 6.54 Å². The first-order chi connectivity index (χ1) is 7.92. The fourth-order valence-corrected chi connectivity index (χ4v) is 1.75. The summed E-state index contributed by atoms with van der Waals surface area (Å²) in [6, 6.07) is 0. The van der Waals surface area contributed by atoms with E-state index in [0.717, 1.165) is 6.20 Å². The van der Waals surface area contributed by atoms with Gasteiger partial charge in [0.25, 0.3) is 10.0 Å². The Morgan fingerprint density at radius 1 is 1.41 bits per heavy atom. The lowest BCUT2D eigenvalue weighted by atomic mass is 10.5. The van der Waals surface area contributed by atoms with Crippen molar-refractivity contribution < 1.29 is 23.1 Å². The first-order valence-corrected chi connectivity index (χ1v) is 5.86. The molecule has 0 spiro atoms. The van der Waals surface area contributed by atoms with Gasteiger partial charge in [-0.1, -0.05) is 0 Å². The molecule has 1 aromatic heterocycles. The molecule has 1 amide bonds. The van der Waals surface area contributed by atoms with Gasteiger partial charge in [-0.3, -0.25) is 9.59 Å². The molecular formula is C7H10N4O5S. The maximum atomic E-state index is 11.5. The number of hydrogen-bond acceptors (Lipinski definition) is 5. The number of aromatic nitrogens is 2. The Kier molecular flexibility index (Phi) is 4.17. The topological polar surface area (TPSA) is 141 Å². The summed E-state index contributed by atoms with van der Waals surface area (Å²) in [6.07, 6.45) is 2.26. The Morgan fingerprint density at radius 3 is 2.65 bits per heavy atom. The molecule has 9 nitrogen and oxygen atoms in total. The Hall–Kier alpha value is -1.94. The number of carbonyl (C=O) groups is 2. The van der Waals surface area contributed by atoms with Crippen molar-refractivity contribution in [3.05, 3.63) is 12.5 Å². The number of carboxylic acids is 1. The van der Waals surface area contributed by atoms with Crippen molar-refractivity contribution in [2.24, 2.45) is 0 Å². The average molecular weight is 262 g/mol. The summed E-state index contributed by atoms with van der Waals surface area (Å²) in [4.78, 5) is 27.0. The molecular weight excluding hydrogens is 252 g/mol. The molecule has 0 radical (unpaired) electrons. The summed E-state index contributed by atoms with van der Waals surface area (Å²) in [7, 11) is -3.83. The maximum absolute atomic E-state index is 11.5. The molecule has 0 aliphatic rings. The molecule has 1 aromatic rings. The molecule has 0 saturated heterocycles. The monoisotopic (exact) mass is 262 g/mol. The molecule has 0 fully saturated rings. The summed E-state index contributed by atoms with van der Waals surface area (Å²) in [5.74, 6) is -1.95. The van der Waals surface area contributed by atoms with Crippen LogP contribution < -0.4 is 10.0 Å². The fourth-order valence-electron chi connectivity index (χ4n) is 0.865. The second-order valence-electron chi connectivity index (χ2n) is 2.91. The van der Waals surface area contributed by atoms with Gasteiger partial charge in [-0.15, -0.1) is 0 Å². The maximum Gasteiger partial charge on any atom is 0.322 e. The second kappa shape index (κ2) is 5.41. The van der Waals surface area contributed by atoms with Crippen LogP contribution >= 0.6 is 0 Å². The summed E-state index contributed by atoms with van der Waals surface area (Å²) >= 11 is 0. The lowest BCUT2D eigenvalue weighted by Crippen LogP contribution is -2.39. The lowest BCUT2D eigenvalue weighted by molar-refractivity contribution is -0.137. The van der Waals surface area contributed by atoms with Crippen LogP contribution in [0, 0.1) is 0 Å². The van der Waals surface area contributed by atoms with E-state index in [4.69, 9.17) is 5.11 Å². The molecule has 0 unspecified atom stereocenters. The third kappa shape index (κ3) is 4.20. The summed E-state index contributed by atoms with van der Waals surface area (Å²) in [5, 5.41) is 10.1. The number of H-pyrrole nitrogens is 1. The first-order valence-electron chi connectivity index (χ1n) is 4.38. The molecule has 0 bridgehead atoms. The van der Waals surface area contributed by atoms with E-state index < -0.39 is 35.0 Å². The number of carboxylic acid groups (broad SMARTS) is 1. The standard InChI is InChI=1S/C7H10N4O5S/c12-5(9-3-7(13)14)1-11-17(15,16)6-2-8-4-10-6/h2,4,11H,1,3H2,(H,8,10)(H,9,12)(H,13,14). The number of sulfonamides is 1. The van der Waals surface area contributed by atoms with Gasteiger partial charge in [-0.2, -0.15) is 0 Å². The van der Waals surface area contributed by atoms with Crippen LogP contribution in [0.15, 0.2) is 17.6 Å². The summed E-state index contributed by atoms with van der Waals surface area (Å²) in [5.41, 5.74) is 0. The Balaban J connectivity index is 2.46. The van der Waals surface area contributed by atoms with Crippen LogP contribution in [-0.4, -0.2) is 48.5 Å². The van der Waals surface area contributed by atoms with E-state index in [9.17, 15) is 18.0 Å². The van der Waals surface area contributed by atoms with Crippen LogP contribution in [0.5, 0.6) is 0 Å². The van der Waals surface area contributed by atoms with Crippen molar-refractivity contribution in [3.63, 3.8) is 0 Å². The average Bonchev–Trinajstić information content (AvgIpc) is 2.77. The number of amides is 1. The molecule has 94 valence electrons. The first kappa shape index (κ1) is 13.1. The molecule has 1 rings (SSSR count). The zero-order valence-corrected chi connectivity index (χ0v) is 9.32. The summed E-state index contributed by atoms with van der Waals surface area (Å²) < 4.78 is 24.9. The lowest BCUT2D eigenvalue weighted by Gasteiger charge is -2.04. The van der Waals surface area contributed by atoms with Crippen LogP contribution in [0.3, 0.4) is 0 Å². The van der Waals surface area contributed by atoms with Crippen LogP contribution in [0.4, 0.5) is 0 Å². The molecule has 0 aliphatic carbocycles. The third-order valence-corrected chi connectivity index (χ3v) is 2.95. The molecule has 4 N–H and O–H groups in total. The highest BCUT2D eigenvalue weighted by Crippen LogP contribution is 2.00. The fraction of sp³-hybridized carbons (Fsp3) is 0.286. The van der Waals surface area contributed by atoms with Gasteiger partial charge in [0.15, 0.2) is 5.03 Å². The predicted molar refractivity (Wildman–Crippen MR) is 54.4 cm³/mol. The van der Waals surface area contributed by atoms with E-state index in [-0.39, 0.29) is 5.03 Å². The Labute approximate surface area is 96.3 Å². The van der Waals surface area contributed by atoms with Gasteiger partial charge in [0.2, 0.25) is 5.91 Å². The minimum atomic E-state index is -3.83. The number of hydrogen-bond donors (Lipinski definition) is 4. The number of nitrogens with zero attached hydrogens (tertiary/aromatic N) is 1. The van der Waals surface area contributed by atoms with Gasteiger partial charge >= 0.3 is 5.97 Å². The SMILES string of the molecule is O=C(O)CNC(=O)CNS(=O)(=O)c1cnc[nH]1. The highest BCUT2D eigenvalue weighted by atomic mass is 32.2. The van der Waals surface area contributed by atoms with Crippen LogP contribution in [0.25, 0.3) is 0 Å². The number of aromatic amines is 1. The van der Waals surface area contributed by atoms with E-state index in [0.29, 0.717) is 0 Å². The van der Waals surface area contributed by atoms with Crippen LogP contribution in [0.2, 0.25) is 0 Å². The zero-order chi connectivity index (χ0) is 12.9. The summed E-state index contributed by atoms with van der Waals surface area (Å²) in [6.45, 7) is -1.11. The molecule has 17 heavy (non-hydrogen) atoms. The van der Waals surface area contributed by atoms with Crippen molar-refractivity contribution in [3.8, 4) is 0 Å². The zero-order valence-electron chi connectivity index (χ0n) is 8.50. The minimum absolute atomic E-state index is 0.177. The van der Waals surface area contributed by atoms with Crippen molar-refractivity contribution in [1.82, 2.24) is 20.0 Å². The molecule has 0 aromatic carbocycles. The largest absolute Gasteiger partial charge is 0.480 e. The molecule has 0 aliphatic heterocycles. The minimum Gasteiger partial charge on any atom is -0.480 e. The Morgan fingerprint density at radius 2 is 2.12 bits per heavy atom. The second-order valence-corrected chi connectivity index (χ2v) is 4.65. The number of nitrogens with one attached hydrogen (secondary N) is 3. The van der Waals surface area contributed by atoms with Crippen LogP contribution in [-0.2, 0) is 19.6 Å². The molecule has 0 atom stereocenters. The van der Waals surface area contributed by atoms with Crippen molar-refractivity contribution in [2.75, 3.05) is 13.1 Å². The molecule has 0 saturated carbocycles. The highest BCUT2D eigenvalue weighted by molar-refractivity contribution is 7.89. The van der Waals surface area contributed by atoms with E-state index in [2.05, 4.69) is 9.97 Å². The number of imidazole rings is 1. The number of rotatable bonds is 6. The van der Waals surface area contributed by atoms with E-state index >= 15 is 0 Å². The van der Waals surface area contributed by atoms with Crippen LogP contribution in [0.1, 0.15) is 0 Å². The quantitative estimate of drug-likeness (QED) is 0.462. The van der Waals surface area contributed by atoms with E-state index in [1.165, 1.54) is 6.33 Å². The highest BCUT2D eigenvalue weighted by Gasteiger charge is 2.16. The third-order valence-electron chi connectivity index (χ3n) is 1.62. The van der Waals surface area contributed by atoms with Gasteiger partial charge < -0.3 is 15.4 Å². The Bertz CT molecular complexity index is 494. The van der Waals surface area contributed by atoms with Crippen molar-refractivity contribution in [1.29, 1.82) is 0 Å². The van der Waals surface area contributed by atoms with Crippen molar-refractivity contribution in [2.45, 2.75) is 5.03 Å². The van der Waals surface area contributed by atoms with E-state index in [1.54, 1.807) is 0 Å². The van der Waals surface area contributed by atoms with Gasteiger partial charge in [0, 0.05) is 0 Å². The predicted octanol–water partition coefficient (Wildman–Crippen LogP) is -2.11. The smallest absolute Gasteiger partial charge is 0.322 e. The van der Waals surface area contributed by atoms with Gasteiger partial charge in [-0.25, -0.2) is 18.1 Å². The van der Waals surface area contributed by atoms with Gasteiger partial charge in [-0.05, 0) is 0 Å². The van der Waals surface area contributed by atoms with Gasteiger partial charge in [0.05, 0.1) is 19.1 Å². The number of aliphatic carboxylic acids is 1.